The van der Waals surface area contributed by atoms with E-state index in [-0.39, 0.29) is 29.7 Å². The molecule has 2 atom stereocenters. The summed E-state index contributed by atoms with van der Waals surface area (Å²) in [5, 5.41) is 9.44. The van der Waals surface area contributed by atoms with Gasteiger partial charge in [-0.3, -0.25) is 4.79 Å². The van der Waals surface area contributed by atoms with E-state index in [1.165, 1.54) is 4.88 Å². The molecule has 0 radical (unpaired) electrons. The van der Waals surface area contributed by atoms with Crippen LogP contribution >= 0.6 is 22.7 Å². The predicted octanol–water partition coefficient (Wildman–Crippen LogP) is 5.12. The summed E-state index contributed by atoms with van der Waals surface area (Å²) in [7, 11) is 0. The van der Waals surface area contributed by atoms with Crippen molar-refractivity contribution < 1.29 is 14.3 Å². The van der Waals surface area contributed by atoms with Crippen LogP contribution in [0.5, 0.6) is 0 Å². The summed E-state index contributed by atoms with van der Waals surface area (Å²) >= 11 is 3.27. The number of carbonyl (C=O) groups excluding carboxylic acids is 2. The fourth-order valence-corrected chi connectivity index (χ4v) is 5.60. The first-order valence-corrected chi connectivity index (χ1v) is 11.3. The third-order valence-electron chi connectivity index (χ3n) is 5.21. The van der Waals surface area contributed by atoms with E-state index in [0.29, 0.717) is 12.0 Å². The number of allylic oxidation sites excluding steroid dienone is 3. The van der Waals surface area contributed by atoms with E-state index in [1.54, 1.807) is 22.7 Å². The highest BCUT2D eigenvalue weighted by Gasteiger charge is 2.41. The van der Waals surface area contributed by atoms with Crippen molar-refractivity contribution >= 4 is 34.4 Å². The normalized spacial score (nSPS) is 22.4. The maximum absolute atomic E-state index is 13.3. The van der Waals surface area contributed by atoms with Gasteiger partial charge >= 0.3 is 5.97 Å². The molecular formula is C22H23NO3S2. The van der Waals surface area contributed by atoms with Gasteiger partial charge in [-0.2, -0.15) is 11.3 Å². The quantitative estimate of drug-likeness (QED) is 0.707. The smallest absolute Gasteiger partial charge is 0.337 e. The Morgan fingerprint density at radius 1 is 1.25 bits per heavy atom. The van der Waals surface area contributed by atoms with E-state index >= 15 is 0 Å². The number of carbonyl (C=O) groups is 2. The minimum absolute atomic E-state index is 0.116. The standard InChI is InChI=1S/C22H23NO3S2/c1-12(2)26-22(25)19-13(3)23-16-9-15(18-5-4-7-28-18)10-17(24)21(16)20(19)14-6-8-27-11-14/h4-8,11-12,15,20,23H,9-10H2,1-3H3/t15-,20-/m1/s1. The van der Waals surface area contributed by atoms with Crippen molar-refractivity contribution in [2.75, 3.05) is 0 Å². The second-order valence-corrected chi connectivity index (χ2v) is 9.30. The van der Waals surface area contributed by atoms with Gasteiger partial charge < -0.3 is 10.1 Å². The predicted molar refractivity (Wildman–Crippen MR) is 112 cm³/mol. The molecule has 28 heavy (non-hydrogen) atoms. The number of rotatable bonds is 4. The highest BCUT2D eigenvalue weighted by molar-refractivity contribution is 7.10. The zero-order valence-corrected chi connectivity index (χ0v) is 17.8. The molecule has 1 N–H and O–H groups in total. The van der Waals surface area contributed by atoms with Crippen LogP contribution < -0.4 is 5.32 Å². The van der Waals surface area contributed by atoms with Crippen LogP contribution in [0.1, 0.15) is 55.9 Å². The fourth-order valence-electron chi connectivity index (χ4n) is 4.08. The highest BCUT2D eigenvalue weighted by Crippen LogP contribution is 2.46. The van der Waals surface area contributed by atoms with Crippen LogP contribution in [0.3, 0.4) is 0 Å². The maximum Gasteiger partial charge on any atom is 0.337 e. The molecule has 0 unspecified atom stereocenters. The van der Waals surface area contributed by atoms with Gasteiger partial charge in [0.25, 0.3) is 0 Å². The highest BCUT2D eigenvalue weighted by atomic mass is 32.1. The average molecular weight is 414 g/mol. The zero-order valence-electron chi connectivity index (χ0n) is 16.2. The Labute approximate surface area is 172 Å². The van der Waals surface area contributed by atoms with Gasteiger partial charge in [-0.05, 0) is 61.0 Å². The third-order valence-corrected chi connectivity index (χ3v) is 6.95. The van der Waals surface area contributed by atoms with Crippen molar-refractivity contribution in [2.24, 2.45) is 0 Å². The average Bonchev–Trinajstić information content (AvgIpc) is 3.33. The summed E-state index contributed by atoms with van der Waals surface area (Å²) in [6, 6.07) is 6.13. The van der Waals surface area contributed by atoms with Gasteiger partial charge in [-0.25, -0.2) is 4.79 Å². The Kier molecular flexibility index (Phi) is 5.25. The van der Waals surface area contributed by atoms with Crippen molar-refractivity contribution in [3.8, 4) is 0 Å². The lowest BCUT2D eigenvalue weighted by Gasteiger charge is -2.36. The van der Waals surface area contributed by atoms with Gasteiger partial charge in [-0.15, -0.1) is 11.3 Å². The second kappa shape index (κ2) is 7.68. The van der Waals surface area contributed by atoms with Gasteiger partial charge in [-0.1, -0.05) is 6.07 Å². The number of thiophene rings is 2. The van der Waals surface area contributed by atoms with Crippen LogP contribution in [0, 0.1) is 0 Å². The van der Waals surface area contributed by atoms with Gasteiger partial charge in [0.1, 0.15) is 0 Å². The summed E-state index contributed by atoms with van der Waals surface area (Å²) in [5.74, 6) is -0.397. The molecule has 0 spiro atoms. The lowest BCUT2D eigenvalue weighted by Crippen LogP contribution is -2.36. The molecule has 0 aromatic carbocycles. The molecule has 6 heteroatoms. The molecule has 4 rings (SSSR count). The Morgan fingerprint density at radius 2 is 2.07 bits per heavy atom. The minimum Gasteiger partial charge on any atom is -0.460 e. The van der Waals surface area contributed by atoms with Crippen LogP contribution in [0.2, 0.25) is 0 Å². The number of hydrogen-bond donors (Lipinski definition) is 1. The summed E-state index contributed by atoms with van der Waals surface area (Å²) in [4.78, 5) is 27.4. The number of Topliss-reactive ketones (excluding diaryl/α,β-unsaturated/α-hetero) is 1. The molecule has 146 valence electrons. The minimum atomic E-state index is -0.356. The molecule has 0 saturated carbocycles. The van der Waals surface area contributed by atoms with E-state index in [4.69, 9.17) is 4.74 Å². The van der Waals surface area contributed by atoms with Crippen LogP contribution in [0.4, 0.5) is 0 Å². The molecular weight excluding hydrogens is 390 g/mol. The van der Waals surface area contributed by atoms with Crippen LogP contribution in [-0.2, 0) is 14.3 Å². The van der Waals surface area contributed by atoms with E-state index in [2.05, 4.69) is 16.8 Å². The molecule has 1 aliphatic heterocycles. The number of hydrogen-bond acceptors (Lipinski definition) is 6. The first kappa shape index (κ1) is 19.2. The Hall–Kier alpha value is -2.18. The molecule has 4 nitrogen and oxygen atoms in total. The van der Waals surface area contributed by atoms with Crippen LogP contribution in [0.15, 0.2) is 56.9 Å². The molecule has 2 aromatic rings. The largest absolute Gasteiger partial charge is 0.460 e. The van der Waals surface area contributed by atoms with Gasteiger partial charge in [0.05, 0.1) is 11.7 Å². The summed E-state index contributed by atoms with van der Waals surface area (Å²) < 4.78 is 5.52. The third kappa shape index (κ3) is 3.47. The summed E-state index contributed by atoms with van der Waals surface area (Å²) in [6.07, 6.45) is 1.05. The molecule has 0 saturated heterocycles. The number of nitrogens with one attached hydrogen (secondary N) is 1. The zero-order chi connectivity index (χ0) is 19.8. The van der Waals surface area contributed by atoms with E-state index in [1.807, 2.05) is 43.7 Å². The molecule has 1 aliphatic carbocycles. The molecule has 0 bridgehead atoms. The molecule has 3 heterocycles. The van der Waals surface area contributed by atoms with Gasteiger partial charge in [0.2, 0.25) is 0 Å². The maximum atomic E-state index is 13.3. The van der Waals surface area contributed by atoms with Crippen molar-refractivity contribution in [2.45, 2.75) is 51.6 Å². The fraction of sp³-hybridized carbons (Fsp3) is 0.364. The Bertz CT molecular complexity index is 952. The summed E-state index contributed by atoms with van der Waals surface area (Å²) in [6.45, 7) is 5.58. The van der Waals surface area contributed by atoms with E-state index in [0.717, 1.165) is 29.0 Å². The number of esters is 1. The lowest BCUT2D eigenvalue weighted by molar-refractivity contribution is -0.143. The first-order valence-electron chi connectivity index (χ1n) is 9.46. The molecule has 0 amide bonds. The first-order chi connectivity index (χ1) is 13.5. The van der Waals surface area contributed by atoms with Crippen molar-refractivity contribution in [1.82, 2.24) is 5.32 Å². The molecule has 2 aromatic heterocycles. The van der Waals surface area contributed by atoms with Gasteiger partial charge in [0.15, 0.2) is 5.78 Å². The summed E-state index contributed by atoms with van der Waals surface area (Å²) in [5.41, 5.74) is 3.99. The van der Waals surface area contributed by atoms with Crippen LogP contribution in [-0.4, -0.2) is 17.9 Å². The monoisotopic (exact) mass is 413 g/mol. The molecule has 0 fully saturated rings. The van der Waals surface area contributed by atoms with Crippen molar-refractivity contribution in [1.29, 1.82) is 0 Å². The molecule has 2 aliphatic rings. The number of dihydropyridines is 1. The van der Waals surface area contributed by atoms with Crippen molar-refractivity contribution in [3.05, 3.63) is 67.3 Å². The Morgan fingerprint density at radius 3 is 2.71 bits per heavy atom. The lowest BCUT2D eigenvalue weighted by atomic mass is 9.73. The van der Waals surface area contributed by atoms with E-state index < -0.39 is 0 Å². The van der Waals surface area contributed by atoms with Gasteiger partial charge in [0, 0.05) is 40.1 Å². The second-order valence-electron chi connectivity index (χ2n) is 7.54. The van der Waals surface area contributed by atoms with Crippen molar-refractivity contribution in [3.63, 3.8) is 0 Å². The van der Waals surface area contributed by atoms with Crippen LogP contribution in [0.25, 0.3) is 0 Å². The SMILES string of the molecule is CC1=C(C(=O)OC(C)C)[C@@H](c2ccsc2)C2=C(C[C@@H](c3cccs3)CC2=O)N1. The Balaban J connectivity index is 1.77. The van der Waals surface area contributed by atoms with E-state index in [9.17, 15) is 9.59 Å². The topological polar surface area (TPSA) is 55.4 Å². The number of ketones is 1. The number of ether oxygens (including phenoxy) is 1.